The molecule has 1 amide bonds. The molecule has 0 aliphatic carbocycles. The monoisotopic (exact) mass is 225 g/mol. The molecule has 86 valence electrons. The van der Waals surface area contributed by atoms with Crippen LogP contribution in [-0.2, 0) is 9.59 Å². The molecule has 0 aliphatic rings. The van der Waals surface area contributed by atoms with Crippen molar-refractivity contribution in [1.29, 1.82) is 0 Å². The quantitative estimate of drug-likeness (QED) is 0.807. The van der Waals surface area contributed by atoms with Gasteiger partial charge in [-0.25, -0.2) is 4.39 Å². The van der Waals surface area contributed by atoms with Crippen molar-refractivity contribution < 1.29 is 19.1 Å². The number of aliphatic carboxylic acids is 1. The van der Waals surface area contributed by atoms with Crippen LogP contribution in [0.15, 0.2) is 24.3 Å². The van der Waals surface area contributed by atoms with E-state index in [0.717, 1.165) is 0 Å². The molecular formula is C11H12FNO3. The van der Waals surface area contributed by atoms with Gasteiger partial charge in [-0.15, -0.1) is 0 Å². The molecule has 16 heavy (non-hydrogen) atoms. The summed E-state index contributed by atoms with van der Waals surface area (Å²) in [5.41, 5.74) is 0.414. The van der Waals surface area contributed by atoms with E-state index in [1.165, 1.54) is 31.3 Å². The van der Waals surface area contributed by atoms with Crippen molar-refractivity contribution in [2.75, 3.05) is 7.05 Å². The SMILES string of the molecule is CNC(=O)CC(C(=O)O)c1ccc(F)cc1. The molecule has 0 radical (unpaired) electrons. The summed E-state index contributed by atoms with van der Waals surface area (Å²) in [6.45, 7) is 0. The van der Waals surface area contributed by atoms with Gasteiger partial charge in [-0.2, -0.15) is 0 Å². The van der Waals surface area contributed by atoms with Crippen LogP contribution >= 0.6 is 0 Å². The first-order valence-corrected chi connectivity index (χ1v) is 4.73. The van der Waals surface area contributed by atoms with Crippen LogP contribution in [0.4, 0.5) is 4.39 Å². The van der Waals surface area contributed by atoms with E-state index in [2.05, 4.69) is 5.32 Å². The summed E-state index contributed by atoms with van der Waals surface area (Å²) in [5.74, 6) is -2.85. The van der Waals surface area contributed by atoms with Crippen molar-refractivity contribution in [3.05, 3.63) is 35.6 Å². The number of hydrogen-bond donors (Lipinski definition) is 2. The van der Waals surface area contributed by atoms with E-state index >= 15 is 0 Å². The molecule has 2 N–H and O–H groups in total. The van der Waals surface area contributed by atoms with E-state index in [4.69, 9.17) is 5.11 Å². The maximum absolute atomic E-state index is 12.7. The van der Waals surface area contributed by atoms with Crippen LogP contribution < -0.4 is 5.32 Å². The number of rotatable bonds is 4. The topological polar surface area (TPSA) is 66.4 Å². The largest absolute Gasteiger partial charge is 0.481 e. The Morgan fingerprint density at radius 3 is 2.38 bits per heavy atom. The highest BCUT2D eigenvalue weighted by Gasteiger charge is 2.22. The highest BCUT2D eigenvalue weighted by molar-refractivity contribution is 5.85. The predicted molar refractivity (Wildman–Crippen MR) is 55.5 cm³/mol. The van der Waals surface area contributed by atoms with E-state index in [9.17, 15) is 14.0 Å². The van der Waals surface area contributed by atoms with Crippen molar-refractivity contribution >= 4 is 11.9 Å². The highest BCUT2D eigenvalue weighted by Crippen LogP contribution is 2.20. The van der Waals surface area contributed by atoms with Crippen molar-refractivity contribution in [2.45, 2.75) is 12.3 Å². The summed E-state index contributed by atoms with van der Waals surface area (Å²) >= 11 is 0. The van der Waals surface area contributed by atoms with E-state index in [1.807, 2.05) is 0 Å². The fraction of sp³-hybridized carbons (Fsp3) is 0.273. The van der Waals surface area contributed by atoms with Gasteiger partial charge < -0.3 is 10.4 Å². The number of carbonyl (C=O) groups is 2. The third-order valence-corrected chi connectivity index (χ3v) is 2.24. The molecule has 1 aromatic rings. The van der Waals surface area contributed by atoms with E-state index in [1.54, 1.807) is 0 Å². The lowest BCUT2D eigenvalue weighted by atomic mass is 9.95. The minimum Gasteiger partial charge on any atom is -0.481 e. The van der Waals surface area contributed by atoms with Gasteiger partial charge in [0, 0.05) is 13.5 Å². The van der Waals surface area contributed by atoms with Crippen molar-refractivity contribution in [3.8, 4) is 0 Å². The molecule has 4 nitrogen and oxygen atoms in total. The molecule has 0 saturated heterocycles. The third kappa shape index (κ3) is 3.05. The number of carbonyl (C=O) groups excluding carboxylic acids is 1. The van der Waals surface area contributed by atoms with Gasteiger partial charge in [-0.05, 0) is 17.7 Å². The standard InChI is InChI=1S/C11H12FNO3/c1-13-10(14)6-9(11(15)16)7-2-4-8(12)5-3-7/h2-5,9H,6H2,1H3,(H,13,14)(H,15,16). The minimum atomic E-state index is -1.10. The van der Waals surface area contributed by atoms with Crippen LogP contribution in [0, 0.1) is 5.82 Å². The molecule has 1 unspecified atom stereocenters. The van der Waals surface area contributed by atoms with Crippen LogP contribution in [0.5, 0.6) is 0 Å². The van der Waals surface area contributed by atoms with Gasteiger partial charge in [0.1, 0.15) is 5.82 Å². The average Bonchev–Trinajstić information content (AvgIpc) is 2.26. The van der Waals surface area contributed by atoms with Gasteiger partial charge >= 0.3 is 5.97 Å². The number of benzene rings is 1. The summed E-state index contributed by atoms with van der Waals surface area (Å²) < 4.78 is 12.7. The lowest BCUT2D eigenvalue weighted by Gasteiger charge is -2.11. The lowest BCUT2D eigenvalue weighted by Crippen LogP contribution is -2.24. The Morgan fingerprint density at radius 1 is 1.38 bits per heavy atom. The van der Waals surface area contributed by atoms with Crippen LogP contribution in [0.25, 0.3) is 0 Å². The molecule has 0 aromatic heterocycles. The Bertz CT molecular complexity index is 389. The van der Waals surface area contributed by atoms with E-state index in [0.29, 0.717) is 5.56 Å². The molecule has 0 bridgehead atoms. The maximum Gasteiger partial charge on any atom is 0.311 e. The zero-order chi connectivity index (χ0) is 12.1. The molecule has 1 rings (SSSR count). The van der Waals surface area contributed by atoms with Crippen molar-refractivity contribution in [3.63, 3.8) is 0 Å². The first kappa shape index (κ1) is 12.2. The Balaban J connectivity index is 2.89. The maximum atomic E-state index is 12.7. The second-order valence-electron chi connectivity index (χ2n) is 3.32. The third-order valence-electron chi connectivity index (χ3n) is 2.24. The summed E-state index contributed by atoms with van der Waals surface area (Å²) in [4.78, 5) is 22.1. The first-order chi connectivity index (χ1) is 7.54. The second-order valence-corrected chi connectivity index (χ2v) is 3.32. The van der Waals surface area contributed by atoms with Crippen molar-refractivity contribution in [2.24, 2.45) is 0 Å². The smallest absolute Gasteiger partial charge is 0.311 e. The zero-order valence-corrected chi connectivity index (χ0v) is 8.74. The van der Waals surface area contributed by atoms with Crippen LogP contribution in [-0.4, -0.2) is 24.0 Å². The number of amides is 1. The van der Waals surface area contributed by atoms with Crippen molar-refractivity contribution in [1.82, 2.24) is 5.32 Å². The average molecular weight is 225 g/mol. The Kier molecular flexibility index (Phi) is 3.99. The van der Waals surface area contributed by atoms with Crippen LogP contribution in [0.2, 0.25) is 0 Å². The second kappa shape index (κ2) is 5.25. The van der Waals surface area contributed by atoms with Gasteiger partial charge in [0.25, 0.3) is 0 Å². The van der Waals surface area contributed by atoms with Gasteiger partial charge in [-0.1, -0.05) is 12.1 Å². The molecular weight excluding hydrogens is 213 g/mol. The number of hydrogen-bond acceptors (Lipinski definition) is 2. The number of carboxylic acids is 1. The zero-order valence-electron chi connectivity index (χ0n) is 8.74. The molecule has 1 aromatic carbocycles. The van der Waals surface area contributed by atoms with Gasteiger partial charge in [0.2, 0.25) is 5.91 Å². The minimum absolute atomic E-state index is 0.155. The van der Waals surface area contributed by atoms with Crippen LogP contribution in [0.1, 0.15) is 17.9 Å². The molecule has 0 heterocycles. The molecule has 0 fully saturated rings. The lowest BCUT2D eigenvalue weighted by molar-refractivity contribution is -0.140. The normalized spacial score (nSPS) is 11.9. The summed E-state index contributed by atoms with van der Waals surface area (Å²) in [6, 6.07) is 5.10. The van der Waals surface area contributed by atoms with Gasteiger partial charge in [0.15, 0.2) is 0 Å². The van der Waals surface area contributed by atoms with Crippen LogP contribution in [0.3, 0.4) is 0 Å². The Morgan fingerprint density at radius 2 is 1.94 bits per heavy atom. The summed E-state index contributed by atoms with van der Waals surface area (Å²) in [6.07, 6.45) is -0.155. The molecule has 0 saturated carbocycles. The van der Waals surface area contributed by atoms with E-state index < -0.39 is 17.7 Å². The summed E-state index contributed by atoms with van der Waals surface area (Å²) in [7, 11) is 1.44. The molecule has 0 aliphatic heterocycles. The molecule has 5 heteroatoms. The molecule has 1 atom stereocenters. The predicted octanol–water partition coefficient (Wildman–Crippen LogP) is 1.13. The highest BCUT2D eigenvalue weighted by atomic mass is 19.1. The Hall–Kier alpha value is -1.91. The number of halogens is 1. The Labute approximate surface area is 92.1 Å². The van der Waals surface area contributed by atoms with Gasteiger partial charge in [0.05, 0.1) is 5.92 Å². The fourth-order valence-corrected chi connectivity index (χ4v) is 1.33. The number of nitrogens with one attached hydrogen (secondary N) is 1. The summed E-state index contributed by atoms with van der Waals surface area (Å²) in [5, 5.41) is 11.3. The molecule has 0 spiro atoms. The van der Waals surface area contributed by atoms with Gasteiger partial charge in [-0.3, -0.25) is 9.59 Å². The first-order valence-electron chi connectivity index (χ1n) is 4.73. The number of carboxylic acid groups (broad SMARTS) is 1. The fourth-order valence-electron chi connectivity index (χ4n) is 1.33. The van der Waals surface area contributed by atoms with E-state index in [-0.39, 0.29) is 12.3 Å².